The number of hydrogen-bond donors (Lipinski definition) is 1. The van der Waals surface area contributed by atoms with E-state index >= 15 is 0 Å². The lowest BCUT2D eigenvalue weighted by Gasteiger charge is -2.33. The number of halogens is 3. The molecule has 1 saturated heterocycles. The summed E-state index contributed by atoms with van der Waals surface area (Å²) in [6.07, 6.45) is 0.870. The summed E-state index contributed by atoms with van der Waals surface area (Å²) >= 11 is 5.78. The number of rotatable bonds is 5. The first kappa shape index (κ1) is 17.5. The van der Waals surface area contributed by atoms with Crippen molar-refractivity contribution in [2.45, 2.75) is 12.5 Å². The summed E-state index contributed by atoms with van der Waals surface area (Å²) in [7, 11) is 1.49. The Morgan fingerprint density at radius 3 is 3.00 bits per heavy atom. The van der Waals surface area contributed by atoms with Crippen molar-refractivity contribution in [2.75, 3.05) is 39.2 Å². The van der Waals surface area contributed by atoms with Gasteiger partial charge in [-0.2, -0.15) is 0 Å². The van der Waals surface area contributed by atoms with Gasteiger partial charge in [-0.3, -0.25) is 4.90 Å². The van der Waals surface area contributed by atoms with E-state index in [1.54, 1.807) is 6.07 Å². The van der Waals surface area contributed by atoms with Crippen molar-refractivity contribution < 1.29 is 9.13 Å². The van der Waals surface area contributed by atoms with Crippen molar-refractivity contribution in [1.29, 1.82) is 0 Å². The van der Waals surface area contributed by atoms with Crippen LogP contribution in [0.15, 0.2) is 18.2 Å². The third kappa shape index (κ3) is 4.77. The molecule has 1 N–H and O–H groups in total. The predicted molar refractivity (Wildman–Crippen MR) is 82.9 cm³/mol. The maximum atomic E-state index is 13.3. The largest absolute Gasteiger partial charge is 0.494 e. The highest BCUT2D eigenvalue weighted by molar-refractivity contribution is 6.18. The molecule has 1 heterocycles. The Hall–Kier alpha value is -0.550. The minimum absolute atomic E-state index is 0. The van der Waals surface area contributed by atoms with Gasteiger partial charge in [-0.05, 0) is 24.1 Å². The fourth-order valence-corrected chi connectivity index (χ4v) is 2.71. The van der Waals surface area contributed by atoms with E-state index in [2.05, 4.69) is 10.2 Å². The van der Waals surface area contributed by atoms with Gasteiger partial charge >= 0.3 is 0 Å². The molecule has 1 aromatic rings. The molecule has 0 radical (unpaired) electrons. The lowest BCUT2D eigenvalue weighted by atomic mass is 10.0. The molecule has 3 nitrogen and oxygen atoms in total. The summed E-state index contributed by atoms with van der Waals surface area (Å²) < 4.78 is 18.4. The number of nitrogens with one attached hydrogen (secondary N) is 1. The third-order valence-electron chi connectivity index (χ3n) is 3.44. The van der Waals surface area contributed by atoms with Crippen LogP contribution in [-0.4, -0.2) is 50.1 Å². The average molecular weight is 323 g/mol. The van der Waals surface area contributed by atoms with Gasteiger partial charge in [0, 0.05) is 38.1 Å². The van der Waals surface area contributed by atoms with E-state index in [1.807, 2.05) is 6.07 Å². The Labute approximate surface area is 130 Å². The zero-order valence-electron chi connectivity index (χ0n) is 11.6. The lowest BCUT2D eigenvalue weighted by Crippen LogP contribution is -2.51. The second-order valence-corrected chi connectivity index (χ2v) is 5.19. The Balaban J connectivity index is 0.00000200. The number of methoxy groups -OCH3 is 1. The van der Waals surface area contributed by atoms with Gasteiger partial charge in [-0.15, -0.1) is 24.0 Å². The third-order valence-corrected chi connectivity index (χ3v) is 3.61. The fraction of sp³-hybridized carbons (Fsp3) is 0.571. The molecular weight excluding hydrogens is 302 g/mol. The van der Waals surface area contributed by atoms with E-state index in [1.165, 1.54) is 13.2 Å². The van der Waals surface area contributed by atoms with E-state index in [0.717, 1.165) is 38.2 Å². The van der Waals surface area contributed by atoms with E-state index < -0.39 is 0 Å². The van der Waals surface area contributed by atoms with Gasteiger partial charge < -0.3 is 10.1 Å². The second-order valence-electron chi connectivity index (χ2n) is 4.81. The van der Waals surface area contributed by atoms with Crippen LogP contribution in [0.1, 0.15) is 5.56 Å². The van der Waals surface area contributed by atoms with Crippen molar-refractivity contribution in [1.82, 2.24) is 10.2 Å². The van der Waals surface area contributed by atoms with Crippen LogP contribution in [-0.2, 0) is 6.42 Å². The quantitative estimate of drug-likeness (QED) is 0.842. The van der Waals surface area contributed by atoms with Crippen LogP contribution in [0.25, 0.3) is 0 Å². The normalized spacial score (nSPS) is 19.4. The highest BCUT2D eigenvalue weighted by atomic mass is 35.5. The number of benzene rings is 1. The van der Waals surface area contributed by atoms with Gasteiger partial charge in [-0.1, -0.05) is 6.07 Å². The number of nitrogens with zero attached hydrogens (tertiary/aromatic N) is 1. The summed E-state index contributed by atoms with van der Waals surface area (Å²) in [4.78, 5) is 2.36. The van der Waals surface area contributed by atoms with Crippen molar-refractivity contribution >= 4 is 24.0 Å². The van der Waals surface area contributed by atoms with Gasteiger partial charge in [0.15, 0.2) is 11.6 Å². The molecule has 0 spiro atoms. The molecule has 1 aliphatic heterocycles. The molecule has 114 valence electrons. The van der Waals surface area contributed by atoms with E-state index in [-0.39, 0.29) is 18.2 Å². The molecule has 0 amide bonds. The molecule has 1 atom stereocenters. The first-order valence-electron chi connectivity index (χ1n) is 6.57. The molecule has 0 aliphatic carbocycles. The predicted octanol–water partition coefficient (Wildman–Crippen LogP) is 2.31. The molecule has 0 bridgehead atoms. The standard InChI is InChI=1S/C14H20ClFN2O.ClH/c1-19-14-9-11(2-3-13(14)16)8-12-10-18(6-4-15)7-5-17-12;/h2-3,9,12,17H,4-8,10H2,1H3;1H. The SMILES string of the molecule is COc1cc(CC2CN(CCCl)CCN2)ccc1F.Cl. The summed E-state index contributed by atoms with van der Waals surface area (Å²) in [5, 5.41) is 3.49. The smallest absolute Gasteiger partial charge is 0.165 e. The number of ether oxygens (including phenoxy) is 1. The zero-order valence-corrected chi connectivity index (χ0v) is 13.1. The molecule has 1 fully saturated rings. The van der Waals surface area contributed by atoms with Crippen molar-refractivity contribution in [3.05, 3.63) is 29.6 Å². The van der Waals surface area contributed by atoms with E-state index in [9.17, 15) is 4.39 Å². The van der Waals surface area contributed by atoms with Crippen LogP contribution in [0.3, 0.4) is 0 Å². The number of alkyl halides is 1. The Morgan fingerprint density at radius 1 is 1.50 bits per heavy atom. The van der Waals surface area contributed by atoms with E-state index in [4.69, 9.17) is 16.3 Å². The molecule has 1 aliphatic rings. The molecule has 1 aromatic carbocycles. The van der Waals surface area contributed by atoms with Crippen LogP contribution in [0.2, 0.25) is 0 Å². The zero-order chi connectivity index (χ0) is 13.7. The fourth-order valence-electron chi connectivity index (χ4n) is 2.47. The second kappa shape index (κ2) is 8.67. The van der Waals surface area contributed by atoms with Crippen LogP contribution in [0.4, 0.5) is 4.39 Å². The number of piperazine rings is 1. The highest BCUT2D eigenvalue weighted by Gasteiger charge is 2.19. The minimum Gasteiger partial charge on any atom is -0.494 e. The minimum atomic E-state index is -0.313. The lowest BCUT2D eigenvalue weighted by molar-refractivity contribution is 0.209. The van der Waals surface area contributed by atoms with Gasteiger partial charge in [0.25, 0.3) is 0 Å². The number of hydrogen-bond acceptors (Lipinski definition) is 3. The van der Waals surface area contributed by atoms with Gasteiger partial charge in [-0.25, -0.2) is 4.39 Å². The summed E-state index contributed by atoms with van der Waals surface area (Å²) in [5.74, 6) is 0.662. The monoisotopic (exact) mass is 322 g/mol. The maximum absolute atomic E-state index is 13.3. The summed E-state index contributed by atoms with van der Waals surface area (Å²) in [6.45, 7) is 3.91. The first-order valence-corrected chi connectivity index (χ1v) is 7.10. The maximum Gasteiger partial charge on any atom is 0.165 e. The summed E-state index contributed by atoms with van der Waals surface area (Å²) in [5.41, 5.74) is 1.09. The Kier molecular flexibility index (Phi) is 7.59. The molecule has 1 unspecified atom stereocenters. The molecule has 2 rings (SSSR count). The molecule has 0 aromatic heterocycles. The average Bonchev–Trinajstić information content (AvgIpc) is 2.42. The van der Waals surface area contributed by atoms with Crippen LogP contribution >= 0.6 is 24.0 Å². The van der Waals surface area contributed by atoms with Crippen molar-refractivity contribution in [3.8, 4) is 5.75 Å². The highest BCUT2D eigenvalue weighted by Crippen LogP contribution is 2.19. The van der Waals surface area contributed by atoms with Crippen molar-refractivity contribution in [3.63, 3.8) is 0 Å². The van der Waals surface area contributed by atoms with Gasteiger partial charge in [0.1, 0.15) is 0 Å². The van der Waals surface area contributed by atoms with Crippen LogP contribution < -0.4 is 10.1 Å². The Bertz CT molecular complexity index is 418. The molecule has 6 heteroatoms. The van der Waals surface area contributed by atoms with Gasteiger partial charge in [0.2, 0.25) is 0 Å². The Morgan fingerprint density at radius 2 is 2.30 bits per heavy atom. The van der Waals surface area contributed by atoms with Crippen LogP contribution in [0.5, 0.6) is 5.75 Å². The van der Waals surface area contributed by atoms with Gasteiger partial charge in [0.05, 0.1) is 7.11 Å². The topological polar surface area (TPSA) is 24.5 Å². The van der Waals surface area contributed by atoms with Crippen molar-refractivity contribution in [2.24, 2.45) is 0 Å². The molecule has 0 saturated carbocycles. The van der Waals surface area contributed by atoms with Crippen LogP contribution in [0, 0.1) is 5.82 Å². The van der Waals surface area contributed by atoms with E-state index in [0.29, 0.717) is 17.7 Å². The molecular formula is C14H21Cl2FN2O. The summed E-state index contributed by atoms with van der Waals surface area (Å²) in [6, 6.07) is 5.44. The first-order chi connectivity index (χ1) is 9.22. The molecule has 20 heavy (non-hydrogen) atoms.